The number of esters is 1. The summed E-state index contributed by atoms with van der Waals surface area (Å²) in [5.74, 6) is -2.50. The van der Waals surface area contributed by atoms with Crippen molar-refractivity contribution in [2.24, 2.45) is 0 Å². The molecule has 0 aromatic heterocycles. The summed E-state index contributed by atoms with van der Waals surface area (Å²) < 4.78 is 73.5. The van der Waals surface area contributed by atoms with E-state index in [-0.39, 0.29) is 0 Å². The van der Waals surface area contributed by atoms with E-state index < -0.39 is 39.3 Å². The summed E-state index contributed by atoms with van der Waals surface area (Å²) in [6.07, 6.45) is 0. The fourth-order valence-electron chi connectivity index (χ4n) is 0.953. The second-order valence-corrected chi connectivity index (χ2v) is 6.04. The average molecular weight is 409 g/mol. The van der Waals surface area contributed by atoms with Crippen LogP contribution in [0, 0.1) is 9.39 Å². The molecule has 0 bridgehead atoms. The first kappa shape index (κ1) is 16.2. The Bertz CT molecular complexity index is 602. The van der Waals surface area contributed by atoms with Crippen molar-refractivity contribution in [3.63, 3.8) is 0 Å². The summed E-state index contributed by atoms with van der Waals surface area (Å²) in [5, 5.41) is -4.76. The number of hydrogen-bond donors (Lipinski definition) is 0. The maximum atomic E-state index is 13.2. The van der Waals surface area contributed by atoms with Gasteiger partial charge in [-0.25, -0.2) is 17.6 Å². The topological polar surface area (TPSA) is 83.5 Å². The second kappa shape index (κ2) is 5.63. The third-order valence-electron chi connectivity index (χ3n) is 1.89. The van der Waals surface area contributed by atoms with E-state index in [0.29, 0.717) is 3.57 Å². The lowest BCUT2D eigenvalue weighted by molar-refractivity contribution is -0.0103. The minimum absolute atomic E-state index is 0.439. The van der Waals surface area contributed by atoms with Crippen LogP contribution in [0.15, 0.2) is 18.2 Å². The Morgan fingerprint density at radius 1 is 1.42 bits per heavy atom. The quantitative estimate of drug-likeness (QED) is 0.430. The van der Waals surface area contributed by atoms with Gasteiger partial charge in [0.25, 0.3) is 0 Å². The molecule has 0 aliphatic carbocycles. The normalized spacial score (nSPS) is 12.3. The van der Waals surface area contributed by atoms with Crippen LogP contribution in [0.2, 0.25) is 0 Å². The Kier molecular flexibility index (Phi) is 4.79. The molecule has 0 unspecified atom stereocenters. The summed E-state index contributed by atoms with van der Waals surface area (Å²) in [6, 6.07) is 3.27. The van der Waals surface area contributed by atoms with E-state index in [0.717, 1.165) is 12.1 Å². The molecule has 19 heavy (non-hydrogen) atoms. The van der Waals surface area contributed by atoms with Crippen molar-refractivity contribution in [3.8, 4) is 0 Å². The van der Waals surface area contributed by atoms with Gasteiger partial charge < -0.3 is 9.29 Å². The van der Waals surface area contributed by atoms with E-state index in [4.69, 9.17) is 0 Å². The monoisotopic (exact) mass is 409 g/mol. The maximum Gasteiger partial charge on any atom is 0.367 e. The molecule has 10 heteroatoms. The molecule has 0 heterocycles. The van der Waals surface area contributed by atoms with Crippen molar-refractivity contribution in [2.45, 2.75) is 5.25 Å². The zero-order valence-corrected chi connectivity index (χ0v) is 11.9. The first-order valence-corrected chi connectivity index (χ1v) is 6.99. The van der Waals surface area contributed by atoms with Crippen LogP contribution < -0.4 is 0 Å². The van der Waals surface area contributed by atoms with Crippen LogP contribution in [0.5, 0.6) is 0 Å². The van der Waals surface area contributed by atoms with Crippen LogP contribution >= 0.6 is 22.6 Å². The number of alkyl halides is 2. The third kappa shape index (κ3) is 4.04. The van der Waals surface area contributed by atoms with E-state index in [2.05, 4.69) is 4.74 Å². The summed E-state index contributed by atoms with van der Waals surface area (Å²) >= 11 is 1.74. The third-order valence-corrected chi connectivity index (χ3v) is 3.41. The number of benzene rings is 1. The van der Waals surface area contributed by atoms with Crippen molar-refractivity contribution in [1.29, 1.82) is 0 Å². The first-order valence-electron chi connectivity index (χ1n) is 4.50. The SMILES string of the molecule is O=C(OCC(F)(F)S(=O)(=O)[O-])c1cc(I)ccc1F. The van der Waals surface area contributed by atoms with E-state index in [9.17, 15) is 30.9 Å². The molecule has 0 N–H and O–H groups in total. The summed E-state index contributed by atoms with van der Waals surface area (Å²) in [6.45, 7) is -1.97. The number of hydrogen-bond acceptors (Lipinski definition) is 5. The molecule has 0 spiro atoms. The highest BCUT2D eigenvalue weighted by Crippen LogP contribution is 2.21. The largest absolute Gasteiger partial charge is 0.743 e. The van der Waals surface area contributed by atoms with E-state index in [1.54, 1.807) is 22.6 Å². The summed E-state index contributed by atoms with van der Waals surface area (Å²) in [7, 11) is -5.95. The van der Waals surface area contributed by atoms with Gasteiger partial charge in [0.15, 0.2) is 16.7 Å². The van der Waals surface area contributed by atoms with Crippen LogP contribution in [-0.2, 0) is 14.9 Å². The average Bonchev–Trinajstić information content (AvgIpc) is 2.28. The van der Waals surface area contributed by atoms with Gasteiger partial charge in [-0.3, -0.25) is 0 Å². The molecule has 0 radical (unpaired) electrons. The van der Waals surface area contributed by atoms with Crippen molar-refractivity contribution in [2.75, 3.05) is 6.61 Å². The van der Waals surface area contributed by atoms with Gasteiger partial charge in [0.2, 0.25) is 0 Å². The predicted octanol–water partition coefficient (Wildman–Crippen LogP) is 1.73. The number of carbonyl (C=O) groups excluding carboxylic acids is 1. The van der Waals surface area contributed by atoms with Crippen LogP contribution in [0.1, 0.15) is 10.4 Å². The molecule has 1 aromatic rings. The molecular weight excluding hydrogens is 404 g/mol. The molecule has 0 saturated carbocycles. The van der Waals surface area contributed by atoms with Gasteiger partial charge in [-0.15, -0.1) is 0 Å². The molecule has 0 aliphatic heterocycles. The molecule has 0 amide bonds. The van der Waals surface area contributed by atoms with Gasteiger partial charge in [0.05, 0.1) is 5.56 Å². The molecule has 1 aromatic carbocycles. The number of ether oxygens (including phenoxy) is 1. The smallest absolute Gasteiger partial charge is 0.367 e. The summed E-state index contributed by atoms with van der Waals surface area (Å²) in [5.41, 5.74) is -0.633. The fraction of sp³-hybridized carbons (Fsp3) is 0.222. The minimum atomic E-state index is -5.95. The van der Waals surface area contributed by atoms with Gasteiger partial charge in [0.1, 0.15) is 5.82 Å². The molecule has 0 saturated heterocycles. The zero-order valence-electron chi connectivity index (χ0n) is 8.90. The highest BCUT2D eigenvalue weighted by molar-refractivity contribution is 14.1. The minimum Gasteiger partial charge on any atom is -0.743 e. The molecule has 1 rings (SSSR count). The van der Waals surface area contributed by atoms with Gasteiger partial charge in [0, 0.05) is 3.57 Å². The molecule has 0 aliphatic rings. The van der Waals surface area contributed by atoms with Crippen molar-refractivity contribution < 1.29 is 35.7 Å². The van der Waals surface area contributed by atoms with Crippen molar-refractivity contribution in [3.05, 3.63) is 33.1 Å². The van der Waals surface area contributed by atoms with E-state index in [1.165, 1.54) is 6.07 Å². The van der Waals surface area contributed by atoms with Gasteiger partial charge in [-0.05, 0) is 40.8 Å². The van der Waals surface area contributed by atoms with Crippen LogP contribution in [0.3, 0.4) is 0 Å². The fourth-order valence-corrected chi connectivity index (χ4v) is 1.65. The lowest BCUT2D eigenvalue weighted by Crippen LogP contribution is -2.34. The molecular formula is C9H5F3IO5S-. The van der Waals surface area contributed by atoms with Crippen LogP contribution in [-0.4, -0.2) is 30.8 Å². The molecule has 0 atom stereocenters. The van der Waals surface area contributed by atoms with Gasteiger partial charge >= 0.3 is 11.2 Å². The Morgan fingerprint density at radius 3 is 2.53 bits per heavy atom. The maximum absolute atomic E-state index is 13.2. The summed E-state index contributed by atoms with van der Waals surface area (Å²) in [4.78, 5) is 11.3. The van der Waals surface area contributed by atoms with Crippen molar-refractivity contribution >= 4 is 38.7 Å². The lowest BCUT2D eigenvalue weighted by atomic mass is 10.2. The Hall–Kier alpha value is -0.880. The van der Waals surface area contributed by atoms with E-state index in [1.807, 2.05) is 0 Å². The second-order valence-electron chi connectivity index (χ2n) is 3.29. The first-order chi connectivity index (χ1) is 8.54. The predicted molar refractivity (Wildman–Crippen MR) is 64.0 cm³/mol. The number of halogens is 4. The Morgan fingerprint density at radius 2 is 2.00 bits per heavy atom. The van der Waals surface area contributed by atoms with Gasteiger partial charge in [-0.2, -0.15) is 8.78 Å². The van der Waals surface area contributed by atoms with Gasteiger partial charge in [-0.1, -0.05) is 0 Å². The zero-order chi connectivity index (χ0) is 14.8. The van der Waals surface area contributed by atoms with E-state index >= 15 is 0 Å². The highest BCUT2D eigenvalue weighted by Gasteiger charge is 2.39. The Balaban J connectivity index is 2.85. The van der Waals surface area contributed by atoms with Crippen LogP contribution in [0.25, 0.3) is 0 Å². The Labute approximate surface area is 119 Å². The number of carbonyl (C=O) groups is 1. The lowest BCUT2D eigenvalue weighted by Gasteiger charge is -2.19. The molecule has 0 fully saturated rings. The van der Waals surface area contributed by atoms with Crippen LogP contribution in [0.4, 0.5) is 13.2 Å². The van der Waals surface area contributed by atoms with Crippen molar-refractivity contribution in [1.82, 2.24) is 0 Å². The highest BCUT2D eigenvalue weighted by atomic mass is 127. The standard InChI is InChI=1S/C9H6F3IO5S/c10-7-2-1-5(13)3-6(7)8(14)18-4-9(11,12)19(15,16)17/h1-3H,4H2,(H,15,16,17)/p-1. The molecule has 106 valence electrons. The molecule has 5 nitrogen and oxygen atoms in total. The number of rotatable bonds is 4.